The van der Waals surface area contributed by atoms with Gasteiger partial charge in [0.15, 0.2) is 0 Å². The van der Waals surface area contributed by atoms with E-state index in [0.717, 1.165) is 4.90 Å². The van der Waals surface area contributed by atoms with Crippen LogP contribution in [0.3, 0.4) is 0 Å². The first-order valence-corrected chi connectivity index (χ1v) is 8.56. The Kier molecular flexibility index (Phi) is 4.29. The van der Waals surface area contributed by atoms with Gasteiger partial charge in [0.05, 0.1) is 21.8 Å². The molecule has 1 aliphatic heterocycles. The van der Waals surface area contributed by atoms with Gasteiger partial charge in [0.2, 0.25) is 0 Å². The normalized spacial score (nSPS) is 13.9. The van der Waals surface area contributed by atoms with Gasteiger partial charge < -0.3 is 0 Å². The summed E-state index contributed by atoms with van der Waals surface area (Å²) in [6.07, 6.45) is 0. The van der Waals surface area contributed by atoms with Crippen molar-refractivity contribution >= 4 is 34.3 Å². The van der Waals surface area contributed by atoms with Crippen LogP contribution in [0.15, 0.2) is 84.9 Å². The van der Waals surface area contributed by atoms with Crippen LogP contribution in [0.1, 0.15) is 11.1 Å². The molecule has 0 radical (unpaired) electrons. The summed E-state index contributed by atoms with van der Waals surface area (Å²) in [4.78, 5) is 37.9. The predicted molar refractivity (Wildman–Crippen MR) is 105 cm³/mol. The van der Waals surface area contributed by atoms with Crippen LogP contribution in [0.5, 0.6) is 0 Å². The summed E-state index contributed by atoms with van der Waals surface area (Å²) >= 11 is 0. The molecule has 0 unspecified atom stereocenters. The van der Waals surface area contributed by atoms with Gasteiger partial charge in [-0.2, -0.15) is 0 Å². The highest BCUT2D eigenvalue weighted by molar-refractivity contribution is 6.56. The number of amides is 2. The second-order valence-corrected chi connectivity index (χ2v) is 6.20. The molecule has 136 valence electrons. The summed E-state index contributed by atoms with van der Waals surface area (Å²) in [7, 11) is 0. The Hall–Kier alpha value is -4.06. The molecule has 0 spiro atoms. The molecule has 0 atom stereocenters. The third-order valence-electron chi connectivity index (χ3n) is 4.53. The molecule has 0 fully saturated rings. The number of hydrogen-bond acceptors (Lipinski definition) is 4. The average molecular weight is 370 g/mol. The van der Waals surface area contributed by atoms with Crippen molar-refractivity contribution in [2.75, 3.05) is 4.90 Å². The maximum absolute atomic E-state index is 13.2. The van der Waals surface area contributed by atoms with Crippen molar-refractivity contribution < 1.29 is 14.5 Å². The van der Waals surface area contributed by atoms with Crippen molar-refractivity contribution in [3.8, 4) is 0 Å². The Balaban J connectivity index is 1.85. The van der Waals surface area contributed by atoms with E-state index in [2.05, 4.69) is 0 Å². The lowest BCUT2D eigenvalue weighted by Gasteiger charge is -2.15. The zero-order valence-electron chi connectivity index (χ0n) is 14.6. The van der Waals surface area contributed by atoms with E-state index in [0.29, 0.717) is 28.0 Å². The van der Waals surface area contributed by atoms with Gasteiger partial charge in [0, 0.05) is 12.1 Å². The van der Waals surface area contributed by atoms with E-state index in [1.54, 1.807) is 48.5 Å². The van der Waals surface area contributed by atoms with Crippen LogP contribution in [-0.4, -0.2) is 16.7 Å². The number of non-ortho nitro benzene ring substituents is 1. The third kappa shape index (κ3) is 2.87. The van der Waals surface area contributed by atoms with Crippen LogP contribution in [0.4, 0.5) is 11.4 Å². The summed E-state index contributed by atoms with van der Waals surface area (Å²) in [5, 5.41) is 10.9. The molecule has 3 aromatic carbocycles. The van der Waals surface area contributed by atoms with Crippen molar-refractivity contribution in [1.82, 2.24) is 0 Å². The summed E-state index contributed by atoms with van der Waals surface area (Å²) in [5.41, 5.74) is 2.10. The molecule has 0 aliphatic carbocycles. The molecular formula is C22H14N2O4. The first-order chi connectivity index (χ1) is 13.6. The molecule has 1 aliphatic rings. The highest BCUT2D eigenvalue weighted by atomic mass is 16.6. The Morgan fingerprint density at radius 2 is 1.07 bits per heavy atom. The van der Waals surface area contributed by atoms with E-state index in [1.807, 2.05) is 12.1 Å². The number of benzene rings is 3. The van der Waals surface area contributed by atoms with E-state index in [-0.39, 0.29) is 5.69 Å². The number of hydrogen-bond donors (Lipinski definition) is 0. The van der Waals surface area contributed by atoms with Gasteiger partial charge in [-0.25, -0.2) is 4.90 Å². The monoisotopic (exact) mass is 370 g/mol. The van der Waals surface area contributed by atoms with Crippen LogP contribution in [0.2, 0.25) is 0 Å². The lowest BCUT2D eigenvalue weighted by atomic mass is 9.96. The second-order valence-electron chi connectivity index (χ2n) is 6.20. The molecular weight excluding hydrogens is 356 g/mol. The Morgan fingerprint density at radius 1 is 0.643 bits per heavy atom. The lowest BCUT2D eigenvalue weighted by molar-refractivity contribution is -0.384. The number of imide groups is 1. The molecule has 6 heteroatoms. The zero-order chi connectivity index (χ0) is 19.7. The van der Waals surface area contributed by atoms with E-state index in [1.165, 1.54) is 24.3 Å². The van der Waals surface area contributed by atoms with Crippen LogP contribution in [-0.2, 0) is 9.59 Å². The Labute approximate surface area is 160 Å². The fourth-order valence-electron chi connectivity index (χ4n) is 3.23. The van der Waals surface area contributed by atoms with Crippen LogP contribution in [0, 0.1) is 10.1 Å². The van der Waals surface area contributed by atoms with Crippen molar-refractivity contribution in [2.24, 2.45) is 0 Å². The number of carbonyl (C=O) groups is 2. The number of nitrogens with zero attached hydrogens (tertiary/aromatic N) is 2. The first kappa shape index (κ1) is 17.4. The molecule has 6 nitrogen and oxygen atoms in total. The maximum Gasteiger partial charge on any atom is 0.269 e. The highest BCUT2D eigenvalue weighted by Gasteiger charge is 2.40. The van der Waals surface area contributed by atoms with Gasteiger partial charge in [-0.05, 0) is 23.3 Å². The molecule has 1 heterocycles. The topological polar surface area (TPSA) is 80.5 Å². The standard InChI is InChI=1S/C22H14N2O4/c25-21-19(15-7-3-1-4-8-15)20(16-9-5-2-6-10-16)22(26)23(21)17-11-13-18(14-12-17)24(27)28/h1-14H. The largest absolute Gasteiger partial charge is 0.269 e. The molecule has 2 amide bonds. The molecule has 3 aromatic rings. The number of carbonyl (C=O) groups excluding carboxylic acids is 2. The van der Waals surface area contributed by atoms with Crippen molar-refractivity contribution in [2.45, 2.75) is 0 Å². The van der Waals surface area contributed by atoms with Crippen LogP contribution < -0.4 is 4.90 Å². The van der Waals surface area contributed by atoms with Crippen LogP contribution >= 0.6 is 0 Å². The summed E-state index contributed by atoms with van der Waals surface area (Å²) in [6, 6.07) is 23.4. The summed E-state index contributed by atoms with van der Waals surface area (Å²) in [6.45, 7) is 0. The quantitative estimate of drug-likeness (QED) is 0.394. The highest BCUT2D eigenvalue weighted by Crippen LogP contribution is 2.38. The minimum absolute atomic E-state index is 0.109. The zero-order valence-corrected chi connectivity index (χ0v) is 14.6. The number of nitro benzene ring substituents is 1. The van der Waals surface area contributed by atoms with E-state index in [9.17, 15) is 19.7 Å². The molecule has 0 N–H and O–H groups in total. The second kappa shape index (κ2) is 6.92. The van der Waals surface area contributed by atoms with Gasteiger partial charge in [-0.15, -0.1) is 0 Å². The van der Waals surface area contributed by atoms with Gasteiger partial charge >= 0.3 is 0 Å². The van der Waals surface area contributed by atoms with Crippen LogP contribution in [0.25, 0.3) is 11.1 Å². The molecule has 28 heavy (non-hydrogen) atoms. The SMILES string of the molecule is O=C1C(c2ccccc2)=C(c2ccccc2)C(=O)N1c1ccc([N+](=O)[O-])cc1. The molecule has 4 rings (SSSR count). The van der Waals surface area contributed by atoms with E-state index < -0.39 is 16.7 Å². The minimum Gasteiger partial charge on any atom is -0.268 e. The first-order valence-electron chi connectivity index (χ1n) is 8.56. The molecule has 0 saturated carbocycles. The lowest BCUT2D eigenvalue weighted by Crippen LogP contribution is -2.31. The fraction of sp³-hybridized carbons (Fsp3) is 0. The van der Waals surface area contributed by atoms with Gasteiger partial charge in [-0.3, -0.25) is 19.7 Å². The van der Waals surface area contributed by atoms with Crippen molar-refractivity contribution in [3.63, 3.8) is 0 Å². The smallest absolute Gasteiger partial charge is 0.268 e. The van der Waals surface area contributed by atoms with Crippen molar-refractivity contribution in [1.29, 1.82) is 0 Å². The van der Waals surface area contributed by atoms with Crippen molar-refractivity contribution in [3.05, 3.63) is 106 Å². The van der Waals surface area contributed by atoms with Gasteiger partial charge in [0.1, 0.15) is 0 Å². The predicted octanol–water partition coefficient (Wildman–Crippen LogP) is 4.08. The van der Waals surface area contributed by atoms with Gasteiger partial charge in [-0.1, -0.05) is 60.7 Å². The number of nitro groups is 1. The number of anilines is 1. The van der Waals surface area contributed by atoms with E-state index >= 15 is 0 Å². The number of rotatable bonds is 4. The average Bonchev–Trinajstić information content (AvgIpc) is 2.99. The summed E-state index contributed by atoms with van der Waals surface area (Å²) < 4.78 is 0. The fourth-order valence-corrected chi connectivity index (χ4v) is 3.23. The third-order valence-corrected chi connectivity index (χ3v) is 4.53. The maximum atomic E-state index is 13.2. The summed E-state index contributed by atoms with van der Waals surface area (Å²) in [5.74, 6) is -0.909. The Morgan fingerprint density at radius 3 is 1.46 bits per heavy atom. The van der Waals surface area contributed by atoms with E-state index in [4.69, 9.17) is 0 Å². The molecule has 0 aromatic heterocycles. The molecule has 0 bridgehead atoms. The molecule has 0 saturated heterocycles. The van der Waals surface area contributed by atoms with Gasteiger partial charge in [0.25, 0.3) is 17.5 Å². The Bertz CT molecular complexity index is 1040. The minimum atomic E-state index is -0.527.